The van der Waals surface area contributed by atoms with Crippen LogP contribution in [-0.4, -0.2) is 64.3 Å². The zero-order valence-corrected chi connectivity index (χ0v) is 10.8. The zero-order chi connectivity index (χ0) is 13.5. The lowest BCUT2D eigenvalue weighted by Crippen LogP contribution is -2.51. The van der Waals surface area contributed by atoms with Crippen molar-refractivity contribution in [3.63, 3.8) is 0 Å². The first-order valence-electron chi connectivity index (χ1n) is 6.51. The molecule has 0 aromatic rings. The van der Waals surface area contributed by atoms with Crippen molar-refractivity contribution in [2.45, 2.75) is 38.6 Å². The first-order valence-corrected chi connectivity index (χ1v) is 6.51. The van der Waals surface area contributed by atoms with Crippen molar-refractivity contribution in [3.05, 3.63) is 0 Å². The topological polar surface area (TPSA) is 81.1 Å². The Morgan fingerprint density at radius 2 is 2.06 bits per heavy atom. The number of aliphatic carboxylic acids is 1. The van der Waals surface area contributed by atoms with Gasteiger partial charge >= 0.3 is 12.0 Å². The molecule has 2 amide bonds. The molecule has 0 spiro atoms. The predicted molar refractivity (Wildman–Crippen MR) is 66.3 cm³/mol. The smallest absolute Gasteiger partial charge is 0.326 e. The van der Waals surface area contributed by atoms with E-state index >= 15 is 0 Å². The summed E-state index contributed by atoms with van der Waals surface area (Å²) in [6, 6.07) is -1.01. The molecule has 1 heterocycles. The number of carboxylic acid groups (broad SMARTS) is 1. The maximum absolute atomic E-state index is 12.3. The van der Waals surface area contributed by atoms with Crippen LogP contribution in [0.5, 0.6) is 0 Å². The fourth-order valence-corrected chi connectivity index (χ4v) is 2.29. The number of aliphatic hydroxyl groups excluding tert-OH is 1. The minimum atomic E-state index is -0.940. The summed E-state index contributed by atoms with van der Waals surface area (Å²) in [6.07, 6.45) is 3.15. The van der Waals surface area contributed by atoms with Crippen LogP contribution in [0.3, 0.4) is 0 Å². The SMILES string of the molecule is CCN(CCO)C(=O)N1CCCCCC1C(=O)O. The van der Waals surface area contributed by atoms with Crippen LogP contribution < -0.4 is 0 Å². The number of hydrogen-bond acceptors (Lipinski definition) is 3. The monoisotopic (exact) mass is 258 g/mol. The number of aliphatic hydroxyl groups is 1. The number of rotatable bonds is 4. The summed E-state index contributed by atoms with van der Waals surface area (Å²) in [5, 5.41) is 18.1. The summed E-state index contributed by atoms with van der Waals surface area (Å²) in [4.78, 5) is 26.4. The molecule has 1 unspecified atom stereocenters. The fourth-order valence-electron chi connectivity index (χ4n) is 2.29. The molecule has 18 heavy (non-hydrogen) atoms. The van der Waals surface area contributed by atoms with Gasteiger partial charge in [0.1, 0.15) is 6.04 Å². The highest BCUT2D eigenvalue weighted by Gasteiger charge is 2.32. The van der Waals surface area contributed by atoms with E-state index < -0.39 is 12.0 Å². The van der Waals surface area contributed by atoms with Crippen molar-refractivity contribution in [3.8, 4) is 0 Å². The number of amides is 2. The zero-order valence-electron chi connectivity index (χ0n) is 10.8. The van der Waals surface area contributed by atoms with E-state index in [0.717, 1.165) is 19.3 Å². The number of likely N-dealkylation sites (N-methyl/N-ethyl adjacent to an activating group) is 1. The van der Waals surface area contributed by atoms with Gasteiger partial charge in [-0.3, -0.25) is 0 Å². The lowest BCUT2D eigenvalue weighted by atomic mass is 10.1. The quantitative estimate of drug-likeness (QED) is 0.779. The number of carbonyl (C=O) groups excluding carboxylic acids is 1. The van der Waals surface area contributed by atoms with Gasteiger partial charge in [-0.15, -0.1) is 0 Å². The second kappa shape index (κ2) is 7.20. The Bertz CT molecular complexity index is 296. The molecule has 0 aromatic heterocycles. The lowest BCUT2D eigenvalue weighted by Gasteiger charge is -2.32. The largest absolute Gasteiger partial charge is 0.480 e. The van der Waals surface area contributed by atoms with Crippen LogP contribution in [0.4, 0.5) is 4.79 Å². The van der Waals surface area contributed by atoms with Gasteiger partial charge in [0.25, 0.3) is 0 Å². The van der Waals surface area contributed by atoms with Gasteiger partial charge in [-0.05, 0) is 19.8 Å². The van der Waals surface area contributed by atoms with Crippen molar-refractivity contribution in [2.24, 2.45) is 0 Å². The van der Waals surface area contributed by atoms with Crippen molar-refractivity contribution in [1.29, 1.82) is 0 Å². The number of nitrogens with zero attached hydrogens (tertiary/aromatic N) is 2. The molecule has 1 atom stereocenters. The van der Waals surface area contributed by atoms with Crippen LogP contribution in [0.1, 0.15) is 32.6 Å². The Labute approximate surface area is 107 Å². The third-order valence-electron chi connectivity index (χ3n) is 3.31. The lowest BCUT2D eigenvalue weighted by molar-refractivity contribution is -0.142. The number of likely N-dealkylation sites (tertiary alicyclic amines) is 1. The summed E-state index contributed by atoms with van der Waals surface area (Å²) in [7, 11) is 0. The van der Waals surface area contributed by atoms with E-state index in [2.05, 4.69) is 0 Å². The predicted octanol–water partition coefficient (Wildman–Crippen LogP) is 0.750. The van der Waals surface area contributed by atoms with Gasteiger partial charge in [0.05, 0.1) is 6.61 Å². The van der Waals surface area contributed by atoms with Crippen molar-refractivity contribution in [2.75, 3.05) is 26.2 Å². The van der Waals surface area contributed by atoms with Crippen LogP contribution in [-0.2, 0) is 4.79 Å². The highest BCUT2D eigenvalue weighted by Crippen LogP contribution is 2.18. The molecule has 6 nitrogen and oxygen atoms in total. The van der Waals surface area contributed by atoms with Gasteiger partial charge in [-0.1, -0.05) is 12.8 Å². The molecule has 0 bridgehead atoms. The standard InChI is InChI=1S/C12H22N2O4/c1-2-13(8-9-15)12(18)14-7-5-3-4-6-10(14)11(16)17/h10,15H,2-9H2,1H3,(H,16,17). The molecule has 2 N–H and O–H groups in total. The highest BCUT2D eigenvalue weighted by molar-refractivity contribution is 5.82. The highest BCUT2D eigenvalue weighted by atomic mass is 16.4. The molecule has 1 rings (SSSR count). The van der Waals surface area contributed by atoms with E-state index in [1.165, 1.54) is 9.80 Å². The fraction of sp³-hybridized carbons (Fsp3) is 0.833. The minimum Gasteiger partial charge on any atom is -0.480 e. The van der Waals surface area contributed by atoms with Gasteiger partial charge in [0.2, 0.25) is 0 Å². The second-order valence-electron chi connectivity index (χ2n) is 4.48. The average Bonchev–Trinajstić information content (AvgIpc) is 2.60. The van der Waals surface area contributed by atoms with Crippen LogP contribution in [0.15, 0.2) is 0 Å². The maximum atomic E-state index is 12.3. The van der Waals surface area contributed by atoms with E-state index in [-0.39, 0.29) is 19.2 Å². The number of hydrogen-bond donors (Lipinski definition) is 2. The van der Waals surface area contributed by atoms with Crippen LogP contribution >= 0.6 is 0 Å². The van der Waals surface area contributed by atoms with E-state index in [1.807, 2.05) is 6.92 Å². The number of carbonyl (C=O) groups is 2. The van der Waals surface area contributed by atoms with E-state index in [0.29, 0.717) is 19.5 Å². The van der Waals surface area contributed by atoms with E-state index in [1.54, 1.807) is 0 Å². The number of carboxylic acids is 1. The Morgan fingerprint density at radius 3 is 2.61 bits per heavy atom. The molecule has 6 heteroatoms. The normalized spacial score (nSPS) is 20.3. The molecule has 0 saturated carbocycles. The van der Waals surface area contributed by atoms with Crippen molar-refractivity contribution < 1.29 is 19.8 Å². The first-order chi connectivity index (χ1) is 8.61. The summed E-state index contributed by atoms with van der Waals surface area (Å²) in [5.74, 6) is -0.940. The Balaban J connectivity index is 2.80. The molecular weight excluding hydrogens is 236 g/mol. The van der Waals surface area contributed by atoms with Gasteiger partial charge in [-0.2, -0.15) is 0 Å². The third-order valence-corrected chi connectivity index (χ3v) is 3.31. The van der Waals surface area contributed by atoms with E-state index in [4.69, 9.17) is 5.11 Å². The van der Waals surface area contributed by atoms with E-state index in [9.17, 15) is 14.7 Å². The molecule has 0 aliphatic carbocycles. The Hall–Kier alpha value is -1.30. The van der Waals surface area contributed by atoms with Crippen molar-refractivity contribution >= 4 is 12.0 Å². The molecule has 1 aliphatic rings. The third kappa shape index (κ3) is 3.60. The number of urea groups is 1. The Kier molecular flexibility index (Phi) is 5.91. The van der Waals surface area contributed by atoms with Crippen LogP contribution in [0, 0.1) is 0 Å². The second-order valence-corrected chi connectivity index (χ2v) is 4.48. The Morgan fingerprint density at radius 1 is 1.33 bits per heavy atom. The summed E-state index contributed by atoms with van der Waals surface area (Å²) < 4.78 is 0. The first kappa shape index (κ1) is 14.8. The maximum Gasteiger partial charge on any atom is 0.326 e. The minimum absolute atomic E-state index is 0.106. The average molecular weight is 258 g/mol. The molecule has 1 aliphatic heterocycles. The van der Waals surface area contributed by atoms with Crippen molar-refractivity contribution in [1.82, 2.24) is 9.80 Å². The molecule has 1 fully saturated rings. The molecular formula is C12H22N2O4. The van der Waals surface area contributed by atoms with Gasteiger partial charge in [0, 0.05) is 19.6 Å². The summed E-state index contributed by atoms with van der Waals surface area (Å²) in [5.41, 5.74) is 0. The van der Waals surface area contributed by atoms with Gasteiger partial charge in [-0.25, -0.2) is 9.59 Å². The molecule has 0 aromatic carbocycles. The molecule has 0 radical (unpaired) electrons. The van der Waals surface area contributed by atoms with Crippen LogP contribution in [0.25, 0.3) is 0 Å². The summed E-state index contributed by atoms with van der Waals surface area (Å²) >= 11 is 0. The van der Waals surface area contributed by atoms with Gasteiger partial charge in [0.15, 0.2) is 0 Å². The summed E-state index contributed by atoms with van der Waals surface area (Å²) in [6.45, 7) is 2.92. The van der Waals surface area contributed by atoms with Gasteiger partial charge < -0.3 is 20.0 Å². The molecule has 104 valence electrons. The van der Waals surface area contributed by atoms with Crippen LogP contribution in [0.2, 0.25) is 0 Å². The molecule has 1 saturated heterocycles.